The van der Waals surface area contributed by atoms with Gasteiger partial charge in [0.2, 0.25) is 0 Å². The van der Waals surface area contributed by atoms with E-state index >= 15 is 0 Å². The predicted molar refractivity (Wildman–Crippen MR) is 126 cm³/mol. The predicted octanol–water partition coefficient (Wildman–Crippen LogP) is 3.99. The van der Waals surface area contributed by atoms with E-state index in [4.69, 9.17) is 24.1 Å². The van der Waals surface area contributed by atoms with Gasteiger partial charge in [-0.3, -0.25) is 10.1 Å². The van der Waals surface area contributed by atoms with Crippen LogP contribution in [0.1, 0.15) is 18.1 Å². The number of hydrogen-bond acceptors (Lipinski definition) is 8. The van der Waals surface area contributed by atoms with Crippen molar-refractivity contribution in [2.45, 2.75) is 18.6 Å². The van der Waals surface area contributed by atoms with Gasteiger partial charge < -0.3 is 24.1 Å². The van der Waals surface area contributed by atoms with Crippen LogP contribution in [0.5, 0.6) is 5.75 Å². The number of benzene rings is 2. The number of anilines is 1. The highest BCUT2D eigenvalue weighted by Gasteiger charge is 2.30. The summed E-state index contributed by atoms with van der Waals surface area (Å²) in [5.41, 5.74) is 1.11. The summed E-state index contributed by atoms with van der Waals surface area (Å²) in [6, 6.07) is 14.0. The first-order chi connectivity index (χ1) is 15.5. The minimum absolute atomic E-state index is 0.0367. The molecule has 10 heteroatoms. The van der Waals surface area contributed by atoms with Crippen LogP contribution in [0.3, 0.4) is 0 Å². The average Bonchev–Trinajstić information content (AvgIpc) is 2.81. The van der Waals surface area contributed by atoms with Gasteiger partial charge in [0, 0.05) is 29.3 Å². The molecule has 2 atom stereocenters. The molecular formula is C22H26BrNO7S. The normalized spacial score (nSPS) is 12.5. The Morgan fingerprint density at radius 3 is 2.50 bits per heavy atom. The van der Waals surface area contributed by atoms with Crippen LogP contribution in [0, 0.1) is 0 Å². The Hall–Kier alpha value is -2.27. The molecule has 0 aromatic heterocycles. The van der Waals surface area contributed by atoms with E-state index in [2.05, 4.69) is 33.9 Å². The summed E-state index contributed by atoms with van der Waals surface area (Å²) in [7, 11) is 1.48. The highest BCUT2D eigenvalue weighted by molar-refractivity contribution is 9.10. The maximum atomic E-state index is 12.7. The number of carbonyl (C=O) groups is 2. The molecule has 0 fully saturated rings. The highest BCUT2D eigenvalue weighted by Crippen LogP contribution is 2.33. The van der Waals surface area contributed by atoms with E-state index in [1.54, 1.807) is 48.5 Å². The Bertz CT molecular complexity index is 866. The van der Waals surface area contributed by atoms with Gasteiger partial charge in [-0.2, -0.15) is 12.6 Å². The molecule has 0 radical (unpaired) electrons. The van der Waals surface area contributed by atoms with Gasteiger partial charge in [0.15, 0.2) is 6.10 Å². The number of aliphatic hydroxyl groups is 1. The zero-order chi connectivity index (χ0) is 23.3. The van der Waals surface area contributed by atoms with Gasteiger partial charge in [0.1, 0.15) is 18.5 Å². The fourth-order valence-electron chi connectivity index (χ4n) is 2.87. The molecule has 2 aromatic rings. The molecule has 0 aliphatic heterocycles. The number of aliphatic hydroxyl groups excluding tert-OH is 1. The second-order valence-electron chi connectivity index (χ2n) is 6.51. The van der Waals surface area contributed by atoms with Crippen LogP contribution in [0.15, 0.2) is 53.0 Å². The molecule has 0 unspecified atom stereocenters. The number of carbonyl (C=O) groups excluding carboxylic acids is 2. The molecule has 0 aliphatic rings. The summed E-state index contributed by atoms with van der Waals surface area (Å²) in [6.45, 7) is -0.0327. The van der Waals surface area contributed by atoms with E-state index in [9.17, 15) is 9.59 Å². The highest BCUT2D eigenvalue weighted by atomic mass is 79.9. The van der Waals surface area contributed by atoms with Gasteiger partial charge in [-0.25, -0.2) is 4.79 Å². The molecule has 0 aliphatic carbocycles. The number of amides is 1. The van der Waals surface area contributed by atoms with Gasteiger partial charge in [-0.15, -0.1) is 0 Å². The van der Waals surface area contributed by atoms with Gasteiger partial charge >= 0.3 is 12.1 Å². The van der Waals surface area contributed by atoms with Gasteiger partial charge in [0.05, 0.1) is 19.0 Å². The van der Waals surface area contributed by atoms with Crippen LogP contribution >= 0.6 is 28.6 Å². The smallest absolute Gasteiger partial charge is 0.412 e. The molecule has 8 nitrogen and oxygen atoms in total. The van der Waals surface area contributed by atoms with Crippen LogP contribution < -0.4 is 10.1 Å². The molecule has 0 heterocycles. The van der Waals surface area contributed by atoms with Crippen LogP contribution in [-0.2, 0) is 19.0 Å². The number of thiol groups is 1. The summed E-state index contributed by atoms with van der Waals surface area (Å²) in [5.74, 6) is -0.0527. The number of rotatable bonds is 12. The second-order valence-corrected chi connectivity index (χ2v) is 7.74. The lowest BCUT2D eigenvalue weighted by Crippen LogP contribution is -2.30. The lowest BCUT2D eigenvalue weighted by molar-refractivity contribution is -0.141. The van der Waals surface area contributed by atoms with Crippen molar-refractivity contribution in [2.75, 3.05) is 38.0 Å². The SMILES string of the molecule is CO[C@H](CCOC(=O)CS)[C@H](OC(=O)Nc1ccc(Br)cc1)c1ccccc1OCCO. The maximum Gasteiger partial charge on any atom is 0.412 e. The Kier molecular flexibility index (Phi) is 11.4. The third-order valence-corrected chi connectivity index (χ3v) is 5.12. The summed E-state index contributed by atoms with van der Waals surface area (Å²) in [5, 5.41) is 11.8. The van der Waals surface area contributed by atoms with Crippen molar-refractivity contribution >= 4 is 46.3 Å². The lowest BCUT2D eigenvalue weighted by Gasteiger charge is -2.27. The lowest BCUT2D eigenvalue weighted by atomic mass is 10.0. The van der Waals surface area contributed by atoms with E-state index in [-0.39, 0.29) is 32.0 Å². The average molecular weight is 528 g/mol. The number of halogens is 1. The minimum Gasteiger partial charge on any atom is -0.491 e. The fourth-order valence-corrected chi connectivity index (χ4v) is 3.22. The number of nitrogens with one attached hydrogen (secondary N) is 1. The van der Waals surface area contributed by atoms with E-state index in [0.29, 0.717) is 17.0 Å². The Morgan fingerprint density at radius 1 is 1.12 bits per heavy atom. The van der Waals surface area contributed by atoms with Crippen molar-refractivity contribution in [1.29, 1.82) is 0 Å². The molecule has 2 rings (SSSR count). The van der Waals surface area contributed by atoms with Crippen LogP contribution in [0.4, 0.5) is 10.5 Å². The summed E-state index contributed by atoms with van der Waals surface area (Å²) < 4.78 is 22.9. The van der Waals surface area contributed by atoms with Crippen molar-refractivity contribution in [3.8, 4) is 5.75 Å². The molecule has 1 amide bonds. The van der Waals surface area contributed by atoms with Crippen molar-refractivity contribution < 1.29 is 33.6 Å². The zero-order valence-corrected chi connectivity index (χ0v) is 20.0. The number of esters is 1. The Morgan fingerprint density at radius 2 is 1.84 bits per heavy atom. The van der Waals surface area contributed by atoms with Crippen molar-refractivity contribution in [2.24, 2.45) is 0 Å². The number of para-hydroxylation sites is 1. The molecule has 0 spiro atoms. The monoisotopic (exact) mass is 527 g/mol. The maximum absolute atomic E-state index is 12.7. The molecule has 174 valence electrons. The summed E-state index contributed by atoms with van der Waals surface area (Å²) >= 11 is 7.23. The molecule has 2 N–H and O–H groups in total. The van der Waals surface area contributed by atoms with Crippen LogP contribution in [0.25, 0.3) is 0 Å². The first-order valence-corrected chi connectivity index (χ1v) is 11.3. The Labute approximate surface area is 200 Å². The van der Waals surface area contributed by atoms with Crippen molar-refractivity contribution in [3.05, 3.63) is 58.6 Å². The molecule has 0 saturated heterocycles. The van der Waals surface area contributed by atoms with E-state index in [0.717, 1.165) is 4.47 Å². The summed E-state index contributed by atoms with van der Waals surface area (Å²) in [4.78, 5) is 24.1. The molecule has 2 aromatic carbocycles. The van der Waals surface area contributed by atoms with E-state index in [1.165, 1.54) is 7.11 Å². The van der Waals surface area contributed by atoms with E-state index < -0.39 is 24.3 Å². The number of methoxy groups -OCH3 is 1. The van der Waals surface area contributed by atoms with E-state index in [1.807, 2.05) is 0 Å². The number of hydrogen-bond donors (Lipinski definition) is 3. The first kappa shape index (κ1) is 26.0. The molecular weight excluding hydrogens is 502 g/mol. The minimum atomic E-state index is -0.875. The van der Waals surface area contributed by atoms with Gasteiger partial charge in [-0.05, 0) is 30.3 Å². The van der Waals surface area contributed by atoms with Gasteiger partial charge in [0.25, 0.3) is 0 Å². The van der Waals surface area contributed by atoms with Crippen molar-refractivity contribution in [3.63, 3.8) is 0 Å². The molecule has 0 saturated carbocycles. The zero-order valence-electron chi connectivity index (χ0n) is 17.5. The largest absolute Gasteiger partial charge is 0.491 e. The van der Waals surface area contributed by atoms with Crippen molar-refractivity contribution in [1.82, 2.24) is 0 Å². The number of ether oxygens (including phenoxy) is 4. The quantitative estimate of drug-likeness (QED) is 0.283. The standard InChI is InChI=1S/C22H26BrNO7S/c1-28-19(10-12-30-20(26)14-32)21(17-4-2-3-5-18(17)29-13-11-25)31-22(27)24-16-8-6-15(23)7-9-16/h2-9,19,21,25,32H,10-14H2,1H3,(H,24,27)/t19-,21-/m1/s1. The summed E-state index contributed by atoms with van der Waals surface area (Å²) in [6.07, 6.45) is -1.94. The van der Waals surface area contributed by atoms with Gasteiger partial charge in [-0.1, -0.05) is 34.1 Å². The fraction of sp³-hybridized carbons (Fsp3) is 0.364. The second kappa shape index (κ2) is 14.0. The molecule has 32 heavy (non-hydrogen) atoms. The Balaban J connectivity index is 2.24. The third-order valence-electron chi connectivity index (χ3n) is 4.33. The first-order valence-electron chi connectivity index (χ1n) is 9.83. The molecule has 0 bridgehead atoms. The van der Waals surface area contributed by atoms with Crippen LogP contribution in [-0.4, -0.2) is 56.0 Å². The third kappa shape index (κ3) is 8.34. The topological polar surface area (TPSA) is 103 Å². The van der Waals surface area contributed by atoms with Crippen LogP contribution in [0.2, 0.25) is 0 Å².